The second-order valence-corrected chi connectivity index (χ2v) is 14.6. The molecule has 194 valence electrons. The van der Waals surface area contributed by atoms with Gasteiger partial charge in [0.05, 0.1) is 11.9 Å². The molecule has 2 N–H and O–H groups in total. The van der Waals surface area contributed by atoms with Crippen molar-refractivity contribution in [2.24, 2.45) is 34.5 Å². The van der Waals surface area contributed by atoms with Gasteiger partial charge in [0.25, 0.3) is 0 Å². The van der Waals surface area contributed by atoms with E-state index in [1.807, 2.05) is 6.08 Å². The summed E-state index contributed by atoms with van der Waals surface area (Å²) in [5.74, 6) is 2.81. The summed E-state index contributed by atoms with van der Waals surface area (Å²) in [5.41, 5.74) is 1.04. The number of carbonyl (C=O) groups excluding carboxylic acids is 1. The predicted octanol–water partition coefficient (Wildman–Crippen LogP) is 5.39. The third-order valence-corrected chi connectivity index (χ3v) is 11.5. The quantitative estimate of drug-likeness (QED) is 0.422. The van der Waals surface area contributed by atoms with Gasteiger partial charge >= 0.3 is 0 Å². The summed E-state index contributed by atoms with van der Waals surface area (Å²) in [6.45, 7) is 7.42. The minimum absolute atomic E-state index is 0.0150. The minimum Gasteiger partial charge on any atom is -0.390 e. The number of aliphatic hydroxyl groups is 1. The van der Waals surface area contributed by atoms with Crippen LogP contribution in [0.1, 0.15) is 104 Å². The molecule has 0 spiro atoms. The minimum atomic E-state index is -3.08. The van der Waals surface area contributed by atoms with Crippen molar-refractivity contribution in [1.82, 2.24) is 4.72 Å². The lowest BCUT2D eigenvalue weighted by Crippen LogP contribution is -2.56. The van der Waals surface area contributed by atoms with Crippen molar-refractivity contribution in [3.63, 3.8) is 0 Å². The molecule has 6 heteroatoms. The average Bonchev–Trinajstić information content (AvgIpc) is 2.99. The second-order valence-electron chi connectivity index (χ2n) is 12.8. The number of ketones is 1. The number of unbranched alkanes of at least 4 members (excludes halogenated alkanes) is 4. The zero-order valence-corrected chi connectivity index (χ0v) is 22.7. The van der Waals surface area contributed by atoms with Crippen molar-refractivity contribution in [1.29, 1.82) is 0 Å². The first-order chi connectivity index (χ1) is 15.9. The topological polar surface area (TPSA) is 83.5 Å². The van der Waals surface area contributed by atoms with Gasteiger partial charge in [-0.3, -0.25) is 4.79 Å². The molecule has 0 aromatic rings. The van der Waals surface area contributed by atoms with Gasteiger partial charge in [-0.1, -0.05) is 45.1 Å². The van der Waals surface area contributed by atoms with Crippen LogP contribution in [0, 0.1) is 34.5 Å². The van der Waals surface area contributed by atoms with Crippen LogP contribution in [0.2, 0.25) is 0 Å². The Bertz CT molecular complexity index is 909. The average molecular weight is 494 g/mol. The molecule has 0 amide bonds. The van der Waals surface area contributed by atoms with E-state index in [0.29, 0.717) is 42.4 Å². The third-order valence-electron chi connectivity index (χ3n) is 10.8. The molecule has 3 saturated carbocycles. The Morgan fingerprint density at radius 2 is 1.68 bits per heavy atom. The lowest BCUT2D eigenvalue weighted by atomic mass is 9.44. The third kappa shape index (κ3) is 4.93. The van der Waals surface area contributed by atoms with Crippen molar-refractivity contribution in [2.45, 2.75) is 110 Å². The smallest absolute Gasteiger partial charge is 0.208 e. The van der Waals surface area contributed by atoms with Crippen molar-refractivity contribution in [2.75, 3.05) is 12.8 Å². The largest absolute Gasteiger partial charge is 0.390 e. The van der Waals surface area contributed by atoms with Crippen LogP contribution in [0.4, 0.5) is 0 Å². The summed E-state index contributed by atoms with van der Waals surface area (Å²) in [4.78, 5) is 12.3. The van der Waals surface area contributed by atoms with Gasteiger partial charge < -0.3 is 5.11 Å². The van der Waals surface area contributed by atoms with Crippen LogP contribution in [-0.4, -0.2) is 37.7 Å². The number of sulfonamides is 1. The Kier molecular flexibility index (Phi) is 7.46. The molecule has 0 aromatic carbocycles. The van der Waals surface area contributed by atoms with Gasteiger partial charge in [0.2, 0.25) is 10.0 Å². The maximum absolute atomic E-state index is 12.3. The molecule has 4 aliphatic rings. The molecule has 2 unspecified atom stereocenters. The monoisotopic (exact) mass is 493 g/mol. The molecule has 4 rings (SSSR count). The molecule has 7 atom stereocenters. The van der Waals surface area contributed by atoms with Crippen LogP contribution >= 0.6 is 0 Å². The molecule has 5 nitrogen and oxygen atoms in total. The van der Waals surface area contributed by atoms with Crippen molar-refractivity contribution >= 4 is 15.8 Å². The van der Waals surface area contributed by atoms with E-state index in [1.54, 1.807) is 0 Å². The summed E-state index contributed by atoms with van der Waals surface area (Å²) >= 11 is 0. The zero-order chi connectivity index (χ0) is 24.8. The molecule has 34 heavy (non-hydrogen) atoms. The fourth-order valence-corrected chi connectivity index (χ4v) is 9.08. The number of rotatable bonds is 9. The molecule has 0 heterocycles. The molecule has 4 aliphatic carbocycles. The van der Waals surface area contributed by atoms with Crippen molar-refractivity contribution in [3.05, 3.63) is 11.6 Å². The number of fused-ring (bicyclic) bond motifs is 5. The molecule has 0 radical (unpaired) electrons. The van der Waals surface area contributed by atoms with Gasteiger partial charge in [0.15, 0.2) is 5.78 Å². The first kappa shape index (κ1) is 26.3. The van der Waals surface area contributed by atoms with Crippen LogP contribution in [0.3, 0.4) is 0 Å². The van der Waals surface area contributed by atoms with E-state index in [1.165, 1.54) is 37.5 Å². The van der Waals surface area contributed by atoms with E-state index in [9.17, 15) is 18.3 Å². The number of hydrogen-bond donors (Lipinski definition) is 2. The lowest BCUT2D eigenvalue weighted by molar-refractivity contribution is -0.135. The van der Waals surface area contributed by atoms with E-state index < -0.39 is 15.6 Å². The fourth-order valence-electron chi connectivity index (χ4n) is 8.56. The number of allylic oxidation sites excluding steroid dienone is 1. The first-order valence-corrected chi connectivity index (χ1v) is 15.7. The Hall–Kier alpha value is -0.720. The highest BCUT2D eigenvalue weighted by Crippen LogP contribution is 2.69. The Balaban J connectivity index is 1.42. The molecule has 0 saturated heterocycles. The summed E-state index contributed by atoms with van der Waals surface area (Å²) in [7, 11) is -3.08. The SMILES string of the molecule is CC1(O)CC[C@H]2[C@@H]3C(CCCCCCCNS(C)(=O)=O)CC4=CC(=O)CC[C@]4(C)[C@@H]3CC[C@@]21C. The molecule has 3 fully saturated rings. The van der Waals surface area contributed by atoms with Crippen LogP contribution in [-0.2, 0) is 14.8 Å². The zero-order valence-electron chi connectivity index (χ0n) is 21.9. The summed E-state index contributed by atoms with van der Waals surface area (Å²) in [6.07, 6.45) is 17.0. The highest BCUT2D eigenvalue weighted by molar-refractivity contribution is 7.88. The predicted molar refractivity (Wildman–Crippen MR) is 137 cm³/mol. The standard InChI is InChI=1S/C28H47NO4S/c1-26-14-11-22(30)19-21(26)18-20(10-8-6-5-7-9-17-29-34(4,32)33)25-23(26)12-15-27(2)24(25)13-16-28(27,3)31/h19-20,23-25,29,31H,5-18H2,1-4H3/t20?,23-,24+,25-,26+,27+,28?/m1/s1. The van der Waals surface area contributed by atoms with Crippen LogP contribution in [0.5, 0.6) is 0 Å². The summed E-state index contributed by atoms with van der Waals surface area (Å²) < 4.78 is 25.0. The molecule has 0 aliphatic heterocycles. The lowest BCUT2D eigenvalue weighted by Gasteiger charge is -2.61. The maximum atomic E-state index is 12.3. The number of carbonyl (C=O) groups is 1. The maximum Gasteiger partial charge on any atom is 0.208 e. The van der Waals surface area contributed by atoms with Crippen LogP contribution in [0.15, 0.2) is 11.6 Å². The van der Waals surface area contributed by atoms with Gasteiger partial charge in [-0.2, -0.15) is 0 Å². The Labute approximate surface area is 207 Å². The Morgan fingerprint density at radius 3 is 2.41 bits per heavy atom. The van der Waals surface area contributed by atoms with Crippen molar-refractivity contribution in [3.8, 4) is 0 Å². The van der Waals surface area contributed by atoms with E-state index >= 15 is 0 Å². The van der Waals surface area contributed by atoms with Gasteiger partial charge in [-0.15, -0.1) is 0 Å². The molecule has 0 bridgehead atoms. The highest BCUT2D eigenvalue weighted by atomic mass is 32.2. The van der Waals surface area contributed by atoms with Gasteiger partial charge in [-0.05, 0) is 98.9 Å². The van der Waals surface area contributed by atoms with Gasteiger partial charge in [0, 0.05) is 13.0 Å². The Morgan fingerprint density at radius 1 is 1.00 bits per heavy atom. The van der Waals surface area contributed by atoms with Gasteiger partial charge in [0.1, 0.15) is 0 Å². The van der Waals surface area contributed by atoms with Crippen LogP contribution < -0.4 is 4.72 Å². The second kappa shape index (κ2) is 9.63. The highest BCUT2D eigenvalue weighted by Gasteiger charge is 2.64. The van der Waals surface area contributed by atoms with E-state index in [0.717, 1.165) is 51.4 Å². The normalized spacial score (nSPS) is 42.0. The molecular weight excluding hydrogens is 446 g/mol. The molecule has 0 aromatic heterocycles. The van der Waals surface area contributed by atoms with E-state index in [4.69, 9.17) is 0 Å². The number of nitrogens with one attached hydrogen (secondary N) is 1. The van der Waals surface area contributed by atoms with Crippen LogP contribution in [0.25, 0.3) is 0 Å². The van der Waals surface area contributed by atoms with E-state index in [-0.39, 0.29) is 10.8 Å². The van der Waals surface area contributed by atoms with E-state index in [2.05, 4.69) is 25.5 Å². The van der Waals surface area contributed by atoms with Crippen molar-refractivity contribution < 1.29 is 18.3 Å². The summed E-state index contributed by atoms with van der Waals surface area (Å²) in [5, 5.41) is 11.3. The summed E-state index contributed by atoms with van der Waals surface area (Å²) in [6, 6.07) is 0. The fraction of sp³-hybridized carbons (Fsp3) is 0.893. The molecular formula is C28H47NO4S. The first-order valence-electron chi connectivity index (χ1n) is 13.8. The van der Waals surface area contributed by atoms with Gasteiger partial charge in [-0.25, -0.2) is 13.1 Å². The number of hydrogen-bond acceptors (Lipinski definition) is 4.